The Balaban J connectivity index is 4.38. The van der Waals surface area contributed by atoms with E-state index in [0.29, 0.717) is 6.47 Å². The molecule has 2 nitrogen and oxygen atoms in total. The van der Waals surface area contributed by atoms with Gasteiger partial charge in [-0.1, -0.05) is 20.8 Å². The molecule has 0 unspecified atom stereocenters. The molecule has 0 aliphatic rings. The van der Waals surface area contributed by atoms with Crippen molar-refractivity contribution in [1.29, 1.82) is 0 Å². The highest BCUT2D eigenvalue weighted by Crippen LogP contribution is 2.35. The van der Waals surface area contributed by atoms with Crippen LogP contribution in [-0.2, 0) is 9.53 Å². The Kier molecular flexibility index (Phi) is 3.09. The molecule has 0 aromatic heterocycles. The minimum absolute atomic E-state index is 0.0356. The van der Waals surface area contributed by atoms with E-state index in [2.05, 4.69) is 20.8 Å². The molecule has 0 saturated carbocycles. The van der Waals surface area contributed by atoms with Gasteiger partial charge in [0.15, 0.2) is 0 Å². The van der Waals surface area contributed by atoms with E-state index in [9.17, 15) is 4.79 Å². The van der Waals surface area contributed by atoms with E-state index >= 15 is 0 Å². The molecule has 0 radical (unpaired) electrons. The Bertz CT molecular complexity index is 136. The Morgan fingerprint density at radius 1 is 1.27 bits per heavy atom. The van der Waals surface area contributed by atoms with E-state index in [1.165, 1.54) is 0 Å². The van der Waals surface area contributed by atoms with Crippen LogP contribution in [0.5, 0.6) is 0 Å². The third kappa shape index (κ3) is 2.21. The van der Waals surface area contributed by atoms with Gasteiger partial charge in [0.2, 0.25) is 0 Å². The van der Waals surface area contributed by atoms with E-state index in [-0.39, 0.29) is 11.0 Å². The maximum absolute atomic E-state index is 10.2. The Labute approximate surface area is 68.9 Å². The Morgan fingerprint density at radius 3 is 2.00 bits per heavy atom. The molecular weight excluding hydrogens is 140 g/mol. The molecule has 0 atom stereocenters. The summed E-state index contributed by atoms with van der Waals surface area (Å²) < 4.78 is 5.00. The van der Waals surface area contributed by atoms with E-state index in [4.69, 9.17) is 4.74 Å². The molecule has 0 saturated heterocycles. The molecule has 0 fully saturated rings. The molecule has 0 rings (SSSR count). The van der Waals surface area contributed by atoms with Gasteiger partial charge in [-0.3, -0.25) is 4.79 Å². The maximum atomic E-state index is 10.2. The molecule has 66 valence electrons. The molecular formula is C9H18O2. The van der Waals surface area contributed by atoms with Gasteiger partial charge in [0.25, 0.3) is 6.47 Å². The fourth-order valence-corrected chi connectivity index (χ4v) is 0.706. The highest BCUT2D eigenvalue weighted by atomic mass is 16.5. The van der Waals surface area contributed by atoms with Crippen molar-refractivity contribution in [2.45, 2.75) is 46.6 Å². The lowest BCUT2D eigenvalue weighted by molar-refractivity contribution is -0.152. The van der Waals surface area contributed by atoms with E-state index in [1.54, 1.807) is 0 Å². The zero-order valence-electron chi connectivity index (χ0n) is 8.10. The van der Waals surface area contributed by atoms with E-state index in [0.717, 1.165) is 6.42 Å². The average Bonchev–Trinajstić information content (AvgIpc) is 1.87. The first-order valence-corrected chi connectivity index (χ1v) is 3.99. The van der Waals surface area contributed by atoms with Crippen molar-refractivity contribution in [3.63, 3.8) is 0 Å². The monoisotopic (exact) mass is 158 g/mol. The molecule has 0 amide bonds. The fraction of sp³-hybridized carbons (Fsp3) is 0.889. The largest absolute Gasteiger partial charge is 0.461 e. The Hall–Kier alpha value is -0.530. The van der Waals surface area contributed by atoms with Gasteiger partial charge < -0.3 is 4.74 Å². The van der Waals surface area contributed by atoms with Crippen molar-refractivity contribution in [3.05, 3.63) is 0 Å². The fourth-order valence-electron chi connectivity index (χ4n) is 0.706. The summed E-state index contributed by atoms with van der Waals surface area (Å²) >= 11 is 0. The third-order valence-corrected chi connectivity index (χ3v) is 2.86. The number of carbonyl (C=O) groups is 1. The zero-order valence-corrected chi connectivity index (χ0v) is 8.10. The molecule has 0 N–H and O–H groups in total. The van der Waals surface area contributed by atoms with Crippen molar-refractivity contribution in [2.75, 3.05) is 0 Å². The molecule has 0 spiro atoms. The summed E-state index contributed by atoms with van der Waals surface area (Å²) in [6.45, 7) is 10.7. The predicted octanol–water partition coefficient (Wildman–Crippen LogP) is 2.37. The van der Waals surface area contributed by atoms with Crippen molar-refractivity contribution in [1.82, 2.24) is 0 Å². The van der Waals surface area contributed by atoms with Gasteiger partial charge in [-0.25, -0.2) is 0 Å². The lowest BCUT2D eigenvalue weighted by Crippen LogP contribution is -2.40. The van der Waals surface area contributed by atoms with Crippen LogP contribution in [0, 0.1) is 5.41 Å². The van der Waals surface area contributed by atoms with Crippen molar-refractivity contribution < 1.29 is 9.53 Å². The van der Waals surface area contributed by atoms with Crippen LogP contribution < -0.4 is 0 Å². The summed E-state index contributed by atoms with van der Waals surface area (Å²) in [4.78, 5) is 10.2. The smallest absolute Gasteiger partial charge is 0.293 e. The topological polar surface area (TPSA) is 26.3 Å². The molecule has 11 heavy (non-hydrogen) atoms. The van der Waals surface area contributed by atoms with E-state index in [1.807, 2.05) is 13.8 Å². The quantitative estimate of drug-likeness (QED) is 0.587. The molecule has 0 aliphatic carbocycles. The molecule has 2 heteroatoms. The SMILES string of the molecule is CCC(C)(C)C(C)(C)OC=O. The van der Waals surface area contributed by atoms with Gasteiger partial charge in [-0.05, 0) is 20.3 Å². The summed E-state index contributed by atoms with van der Waals surface area (Å²) in [5, 5.41) is 0. The normalized spacial score (nSPS) is 12.8. The highest BCUT2D eigenvalue weighted by Gasteiger charge is 2.36. The van der Waals surface area contributed by atoms with Crippen LogP contribution >= 0.6 is 0 Å². The van der Waals surface area contributed by atoms with Gasteiger partial charge in [0.1, 0.15) is 5.60 Å². The first kappa shape index (κ1) is 10.5. The van der Waals surface area contributed by atoms with Gasteiger partial charge in [-0.2, -0.15) is 0 Å². The standard InChI is InChI=1S/C9H18O2/c1-6-8(2,3)9(4,5)11-7-10/h7H,6H2,1-5H3. The minimum atomic E-state index is -0.372. The molecule has 0 heterocycles. The second-order valence-corrected chi connectivity index (χ2v) is 3.96. The van der Waals surface area contributed by atoms with Crippen LogP contribution in [0.15, 0.2) is 0 Å². The second-order valence-electron chi connectivity index (χ2n) is 3.96. The first-order chi connectivity index (χ1) is 4.87. The Morgan fingerprint density at radius 2 is 1.73 bits per heavy atom. The van der Waals surface area contributed by atoms with Crippen molar-refractivity contribution >= 4 is 6.47 Å². The summed E-state index contributed by atoms with van der Waals surface area (Å²) in [6.07, 6.45) is 0.994. The van der Waals surface area contributed by atoms with Gasteiger partial charge >= 0.3 is 0 Å². The minimum Gasteiger partial charge on any atom is -0.461 e. The van der Waals surface area contributed by atoms with Gasteiger partial charge in [0, 0.05) is 5.41 Å². The third-order valence-electron chi connectivity index (χ3n) is 2.86. The lowest BCUT2D eigenvalue weighted by atomic mass is 9.75. The summed E-state index contributed by atoms with van der Waals surface area (Å²) in [5.74, 6) is 0. The molecule has 0 aliphatic heterocycles. The van der Waals surface area contributed by atoms with Crippen LogP contribution in [0.3, 0.4) is 0 Å². The van der Waals surface area contributed by atoms with Crippen LogP contribution in [-0.4, -0.2) is 12.1 Å². The van der Waals surface area contributed by atoms with Crippen LogP contribution in [0.1, 0.15) is 41.0 Å². The average molecular weight is 158 g/mol. The number of hydrogen-bond donors (Lipinski definition) is 0. The number of hydrogen-bond acceptors (Lipinski definition) is 2. The summed E-state index contributed by atoms with van der Waals surface area (Å²) in [5.41, 5.74) is -0.336. The van der Waals surface area contributed by atoms with Crippen molar-refractivity contribution in [3.8, 4) is 0 Å². The van der Waals surface area contributed by atoms with E-state index < -0.39 is 0 Å². The number of rotatable bonds is 4. The first-order valence-electron chi connectivity index (χ1n) is 3.99. The maximum Gasteiger partial charge on any atom is 0.293 e. The van der Waals surface area contributed by atoms with Gasteiger partial charge in [0.05, 0.1) is 0 Å². The van der Waals surface area contributed by atoms with Crippen molar-refractivity contribution in [2.24, 2.45) is 5.41 Å². The van der Waals surface area contributed by atoms with Gasteiger partial charge in [-0.15, -0.1) is 0 Å². The lowest BCUT2D eigenvalue weighted by Gasteiger charge is -2.39. The predicted molar refractivity (Wildman–Crippen MR) is 45.3 cm³/mol. The second kappa shape index (κ2) is 3.24. The number of ether oxygens (including phenoxy) is 1. The summed E-state index contributed by atoms with van der Waals surface area (Å²) in [7, 11) is 0. The molecule has 0 aromatic carbocycles. The number of carbonyl (C=O) groups excluding carboxylic acids is 1. The van der Waals surface area contributed by atoms with Crippen LogP contribution in [0.2, 0.25) is 0 Å². The molecule has 0 aromatic rings. The van der Waals surface area contributed by atoms with Crippen LogP contribution in [0.4, 0.5) is 0 Å². The van der Waals surface area contributed by atoms with Crippen LogP contribution in [0.25, 0.3) is 0 Å². The molecule has 0 bridgehead atoms. The summed E-state index contributed by atoms with van der Waals surface area (Å²) in [6, 6.07) is 0. The zero-order chi connectivity index (χ0) is 9.12. The highest BCUT2D eigenvalue weighted by molar-refractivity contribution is 5.38.